The lowest BCUT2D eigenvalue weighted by Gasteiger charge is -2.36. The molecule has 0 aromatic carbocycles. The molecule has 3 aliphatic rings. The third-order valence-electron chi connectivity index (χ3n) is 5.71. The summed E-state index contributed by atoms with van der Waals surface area (Å²) >= 11 is 0. The molecule has 2 aliphatic heterocycles. The Labute approximate surface area is 125 Å². The Kier molecular flexibility index (Phi) is 4.20. The summed E-state index contributed by atoms with van der Waals surface area (Å²) in [6.45, 7) is 0.534. The van der Waals surface area contributed by atoms with Crippen LogP contribution in [0.3, 0.4) is 0 Å². The summed E-state index contributed by atoms with van der Waals surface area (Å²) in [6.07, 6.45) is 8.62. The predicted molar refractivity (Wildman–Crippen MR) is 78.8 cm³/mol. The number of aliphatic carboxylic acids is 1. The molecule has 2 saturated heterocycles. The minimum Gasteiger partial charge on any atom is -0.481 e. The number of fused-ring (bicyclic) bond motifs is 2. The van der Waals surface area contributed by atoms with Gasteiger partial charge in [0.1, 0.15) is 0 Å². The highest BCUT2D eigenvalue weighted by molar-refractivity contribution is 5.80. The zero-order valence-electron chi connectivity index (χ0n) is 12.6. The van der Waals surface area contributed by atoms with Crippen LogP contribution in [-0.4, -0.2) is 35.6 Å². The summed E-state index contributed by atoms with van der Waals surface area (Å²) in [6, 6.07) is 0.866. The van der Waals surface area contributed by atoms with Crippen molar-refractivity contribution in [3.8, 4) is 0 Å². The standard InChI is InChI=1S/C16H26N2O3/c19-14(20)9-16(6-2-1-3-7-16)10-17-15(21)12-8-11-4-5-13(12)18-11/h11-13,18H,1-10H2,(H,17,21)(H,19,20). The fourth-order valence-corrected chi connectivity index (χ4v) is 4.56. The first kappa shape index (κ1) is 14.8. The van der Waals surface area contributed by atoms with Crippen molar-refractivity contribution in [2.45, 2.75) is 69.9 Å². The lowest BCUT2D eigenvalue weighted by atomic mass is 9.71. The van der Waals surface area contributed by atoms with E-state index >= 15 is 0 Å². The minimum absolute atomic E-state index is 0.0919. The van der Waals surface area contributed by atoms with Gasteiger partial charge in [0, 0.05) is 18.6 Å². The van der Waals surface area contributed by atoms with Gasteiger partial charge in [0.15, 0.2) is 0 Å². The van der Waals surface area contributed by atoms with Crippen LogP contribution in [0.25, 0.3) is 0 Å². The number of rotatable bonds is 5. The van der Waals surface area contributed by atoms with Crippen LogP contribution in [0.2, 0.25) is 0 Å². The average molecular weight is 294 g/mol. The van der Waals surface area contributed by atoms with Gasteiger partial charge in [-0.3, -0.25) is 9.59 Å². The summed E-state index contributed by atoms with van der Waals surface area (Å²) < 4.78 is 0. The predicted octanol–water partition coefficient (Wildman–Crippen LogP) is 1.67. The van der Waals surface area contributed by atoms with Crippen LogP contribution < -0.4 is 10.6 Å². The summed E-state index contributed by atoms with van der Waals surface area (Å²) in [4.78, 5) is 23.6. The third kappa shape index (κ3) is 3.23. The summed E-state index contributed by atoms with van der Waals surface area (Å²) in [7, 11) is 0. The Bertz CT molecular complexity index is 418. The van der Waals surface area contributed by atoms with E-state index < -0.39 is 5.97 Å². The van der Waals surface area contributed by atoms with Crippen molar-refractivity contribution in [2.24, 2.45) is 11.3 Å². The van der Waals surface area contributed by atoms with E-state index in [1.54, 1.807) is 0 Å². The third-order valence-corrected chi connectivity index (χ3v) is 5.71. The number of hydrogen-bond donors (Lipinski definition) is 3. The van der Waals surface area contributed by atoms with E-state index in [-0.39, 0.29) is 23.7 Å². The molecule has 2 bridgehead atoms. The van der Waals surface area contributed by atoms with Crippen molar-refractivity contribution in [1.29, 1.82) is 0 Å². The SMILES string of the molecule is O=C(O)CC1(CNC(=O)C2CC3CCC2N3)CCCCC1. The lowest BCUT2D eigenvalue weighted by molar-refractivity contribution is -0.141. The molecular formula is C16H26N2O3. The van der Waals surface area contributed by atoms with E-state index in [4.69, 9.17) is 0 Å². The van der Waals surface area contributed by atoms with Gasteiger partial charge in [-0.05, 0) is 37.5 Å². The van der Waals surface area contributed by atoms with Gasteiger partial charge in [0.25, 0.3) is 0 Å². The molecule has 3 N–H and O–H groups in total. The van der Waals surface area contributed by atoms with Crippen LogP contribution in [0.15, 0.2) is 0 Å². The molecule has 1 aliphatic carbocycles. The molecule has 5 nitrogen and oxygen atoms in total. The van der Waals surface area contributed by atoms with Crippen LogP contribution in [-0.2, 0) is 9.59 Å². The molecule has 21 heavy (non-hydrogen) atoms. The van der Waals surface area contributed by atoms with Gasteiger partial charge in [-0.1, -0.05) is 19.3 Å². The topological polar surface area (TPSA) is 78.4 Å². The van der Waals surface area contributed by atoms with Crippen molar-refractivity contribution in [1.82, 2.24) is 10.6 Å². The first-order valence-corrected chi connectivity index (χ1v) is 8.34. The van der Waals surface area contributed by atoms with Gasteiger partial charge >= 0.3 is 5.97 Å². The molecular weight excluding hydrogens is 268 g/mol. The van der Waals surface area contributed by atoms with Gasteiger partial charge in [-0.15, -0.1) is 0 Å². The Hall–Kier alpha value is -1.10. The second-order valence-corrected chi connectivity index (χ2v) is 7.24. The number of nitrogens with one attached hydrogen (secondary N) is 2. The largest absolute Gasteiger partial charge is 0.481 e. The van der Waals surface area contributed by atoms with Crippen molar-refractivity contribution in [3.63, 3.8) is 0 Å². The van der Waals surface area contributed by atoms with Crippen LogP contribution >= 0.6 is 0 Å². The first-order valence-electron chi connectivity index (χ1n) is 8.34. The average Bonchev–Trinajstić information content (AvgIpc) is 3.08. The second-order valence-electron chi connectivity index (χ2n) is 7.24. The van der Waals surface area contributed by atoms with Crippen LogP contribution in [0, 0.1) is 11.3 Å². The quantitative estimate of drug-likeness (QED) is 0.720. The highest BCUT2D eigenvalue weighted by Gasteiger charge is 2.43. The molecule has 0 aromatic rings. The monoisotopic (exact) mass is 294 g/mol. The van der Waals surface area contributed by atoms with Crippen LogP contribution in [0.4, 0.5) is 0 Å². The number of carboxylic acid groups (broad SMARTS) is 1. The Morgan fingerprint density at radius 2 is 1.95 bits per heavy atom. The normalized spacial score (nSPS) is 33.8. The number of amides is 1. The fraction of sp³-hybridized carbons (Fsp3) is 0.875. The van der Waals surface area contributed by atoms with Crippen LogP contribution in [0.1, 0.15) is 57.8 Å². The zero-order chi connectivity index (χ0) is 14.9. The maximum Gasteiger partial charge on any atom is 0.303 e. The smallest absolute Gasteiger partial charge is 0.303 e. The van der Waals surface area contributed by atoms with Crippen molar-refractivity contribution >= 4 is 11.9 Å². The van der Waals surface area contributed by atoms with E-state index in [1.165, 1.54) is 12.8 Å². The molecule has 0 spiro atoms. The molecule has 5 heteroatoms. The van der Waals surface area contributed by atoms with Gasteiger partial charge in [-0.25, -0.2) is 0 Å². The lowest BCUT2D eigenvalue weighted by Crippen LogP contribution is -2.44. The molecule has 118 valence electrons. The maximum absolute atomic E-state index is 12.4. The van der Waals surface area contributed by atoms with E-state index in [2.05, 4.69) is 10.6 Å². The molecule has 1 saturated carbocycles. The molecule has 1 amide bonds. The van der Waals surface area contributed by atoms with Gasteiger partial charge in [-0.2, -0.15) is 0 Å². The van der Waals surface area contributed by atoms with Crippen molar-refractivity contribution in [3.05, 3.63) is 0 Å². The van der Waals surface area contributed by atoms with Crippen LogP contribution in [0.5, 0.6) is 0 Å². The van der Waals surface area contributed by atoms with E-state index in [0.29, 0.717) is 18.6 Å². The summed E-state index contributed by atoms with van der Waals surface area (Å²) in [5.41, 5.74) is -0.217. The Balaban J connectivity index is 1.56. The van der Waals surface area contributed by atoms with Gasteiger partial charge in [0.2, 0.25) is 5.91 Å². The van der Waals surface area contributed by atoms with E-state index in [1.807, 2.05) is 0 Å². The molecule has 3 fully saturated rings. The fourth-order valence-electron chi connectivity index (χ4n) is 4.56. The van der Waals surface area contributed by atoms with Gasteiger partial charge < -0.3 is 15.7 Å². The van der Waals surface area contributed by atoms with Gasteiger partial charge in [0.05, 0.1) is 12.3 Å². The first-order chi connectivity index (χ1) is 10.1. The molecule has 0 radical (unpaired) electrons. The highest BCUT2D eigenvalue weighted by Crippen LogP contribution is 2.39. The number of carbonyl (C=O) groups is 2. The number of hydrogen-bond acceptors (Lipinski definition) is 3. The molecule has 3 atom stereocenters. The molecule has 3 rings (SSSR count). The van der Waals surface area contributed by atoms with E-state index in [0.717, 1.165) is 38.5 Å². The summed E-state index contributed by atoms with van der Waals surface area (Å²) in [5, 5.41) is 15.7. The number of carbonyl (C=O) groups excluding carboxylic acids is 1. The minimum atomic E-state index is -0.743. The zero-order valence-corrected chi connectivity index (χ0v) is 12.6. The molecule has 3 unspecified atom stereocenters. The highest BCUT2D eigenvalue weighted by atomic mass is 16.4. The molecule has 0 aromatic heterocycles. The van der Waals surface area contributed by atoms with Crippen molar-refractivity contribution in [2.75, 3.05) is 6.54 Å². The Morgan fingerprint density at radius 1 is 1.19 bits per heavy atom. The number of carboxylic acids is 1. The van der Waals surface area contributed by atoms with Crippen molar-refractivity contribution < 1.29 is 14.7 Å². The maximum atomic E-state index is 12.4. The summed E-state index contributed by atoms with van der Waals surface area (Å²) in [5.74, 6) is -0.521. The molecule has 2 heterocycles. The van der Waals surface area contributed by atoms with E-state index in [9.17, 15) is 14.7 Å². The second kappa shape index (κ2) is 5.95. The Morgan fingerprint density at radius 3 is 2.52 bits per heavy atom.